The van der Waals surface area contributed by atoms with Crippen molar-refractivity contribution in [3.63, 3.8) is 0 Å². The number of carboxylic acids is 1. The molecule has 13 heteroatoms. The molecule has 1 fully saturated rings. The molecule has 178 valence electrons. The maximum Gasteiger partial charge on any atom is 0.490 e. The quantitative estimate of drug-likeness (QED) is 0.445. The number of fused-ring (bicyclic) bond motifs is 1. The standard InChI is InChI=1S/C18H23N7O.C2HF3O2/c1-24-7-5-21-17(24)16-12-20-4-8-25(16)9-6-22-18(26)15-10-13-11-19-3-2-14(13)23-15;3-2(4,5)1(6)7/h2-3,5,7,10-11,16,20,23H,4,6,8-9,12H2,1H3,(H,22,26);(H,6,7). The number of aromatic nitrogens is 4. The van der Waals surface area contributed by atoms with Crippen LogP contribution >= 0.6 is 0 Å². The summed E-state index contributed by atoms with van der Waals surface area (Å²) < 4.78 is 33.8. The number of pyridine rings is 1. The van der Waals surface area contributed by atoms with Gasteiger partial charge in [0, 0.05) is 75.5 Å². The summed E-state index contributed by atoms with van der Waals surface area (Å²) in [6, 6.07) is 3.92. The van der Waals surface area contributed by atoms with Crippen molar-refractivity contribution in [1.29, 1.82) is 0 Å². The molecule has 4 N–H and O–H groups in total. The molecule has 3 aromatic heterocycles. The summed E-state index contributed by atoms with van der Waals surface area (Å²) in [6.07, 6.45) is 2.17. The highest BCUT2D eigenvalue weighted by Crippen LogP contribution is 2.19. The second kappa shape index (κ2) is 10.4. The summed E-state index contributed by atoms with van der Waals surface area (Å²) in [6.45, 7) is 4.13. The highest BCUT2D eigenvalue weighted by atomic mass is 19.4. The predicted molar refractivity (Wildman–Crippen MR) is 113 cm³/mol. The van der Waals surface area contributed by atoms with Crippen LogP contribution in [0.15, 0.2) is 36.9 Å². The fraction of sp³-hybridized carbons (Fsp3) is 0.400. The average molecular weight is 467 g/mol. The van der Waals surface area contributed by atoms with Crippen LogP contribution in [0.25, 0.3) is 10.9 Å². The van der Waals surface area contributed by atoms with E-state index in [4.69, 9.17) is 9.90 Å². The Morgan fingerprint density at radius 3 is 2.73 bits per heavy atom. The third kappa shape index (κ3) is 6.29. The van der Waals surface area contributed by atoms with E-state index in [1.54, 1.807) is 12.4 Å². The van der Waals surface area contributed by atoms with Gasteiger partial charge in [-0.3, -0.25) is 14.7 Å². The van der Waals surface area contributed by atoms with Crippen molar-refractivity contribution in [2.45, 2.75) is 12.2 Å². The molecular weight excluding hydrogens is 443 g/mol. The third-order valence-corrected chi connectivity index (χ3v) is 5.10. The molecule has 3 aromatic rings. The Hall–Kier alpha value is -3.45. The first-order chi connectivity index (χ1) is 15.7. The van der Waals surface area contributed by atoms with Gasteiger partial charge in [-0.2, -0.15) is 13.2 Å². The van der Waals surface area contributed by atoms with E-state index >= 15 is 0 Å². The zero-order valence-electron chi connectivity index (χ0n) is 17.8. The number of carboxylic acid groups (broad SMARTS) is 1. The summed E-state index contributed by atoms with van der Waals surface area (Å²) >= 11 is 0. The van der Waals surface area contributed by atoms with Crippen LogP contribution in [0.3, 0.4) is 0 Å². The van der Waals surface area contributed by atoms with E-state index in [-0.39, 0.29) is 11.9 Å². The Labute approximate surface area is 186 Å². The van der Waals surface area contributed by atoms with Crippen molar-refractivity contribution >= 4 is 22.8 Å². The second-order valence-corrected chi connectivity index (χ2v) is 7.36. The number of piperazine rings is 1. The minimum absolute atomic E-state index is 0.0927. The van der Waals surface area contributed by atoms with E-state index in [9.17, 15) is 18.0 Å². The van der Waals surface area contributed by atoms with E-state index in [1.165, 1.54) is 0 Å². The molecule has 1 aliphatic heterocycles. The molecule has 33 heavy (non-hydrogen) atoms. The van der Waals surface area contributed by atoms with Crippen molar-refractivity contribution in [2.24, 2.45) is 7.05 Å². The monoisotopic (exact) mass is 467 g/mol. The van der Waals surface area contributed by atoms with E-state index < -0.39 is 12.1 Å². The predicted octanol–water partition coefficient (Wildman–Crippen LogP) is 1.31. The number of hydrogen-bond acceptors (Lipinski definition) is 6. The highest BCUT2D eigenvalue weighted by molar-refractivity contribution is 5.97. The van der Waals surface area contributed by atoms with Crippen molar-refractivity contribution in [3.8, 4) is 0 Å². The van der Waals surface area contributed by atoms with Gasteiger partial charge in [0.25, 0.3) is 5.91 Å². The van der Waals surface area contributed by atoms with Gasteiger partial charge in [-0.15, -0.1) is 0 Å². The highest BCUT2D eigenvalue weighted by Gasteiger charge is 2.38. The van der Waals surface area contributed by atoms with Crippen LogP contribution in [0.1, 0.15) is 22.4 Å². The number of aliphatic carboxylic acids is 1. The number of carbonyl (C=O) groups is 2. The maximum absolute atomic E-state index is 12.4. The number of nitrogens with zero attached hydrogens (tertiary/aromatic N) is 4. The molecule has 4 rings (SSSR count). The molecular formula is C20H24F3N7O3. The third-order valence-electron chi connectivity index (χ3n) is 5.10. The zero-order valence-corrected chi connectivity index (χ0v) is 17.8. The first-order valence-electron chi connectivity index (χ1n) is 10.1. The lowest BCUT2D eigenvalue weighted by atomic mass is 10.1. The molecule has 1 aliphatic rings. The van der Waals surface area contributed by atoms with Crippen molar-refractivity contribution < 1.29 is 27.9 Å². The van der Waals surface area contributed by atoms with Gasteiger partial charge < -0.3 is 25.3 Å². The van der Waals surface area contributed by atoms with Crippen LogP contribution < -0.4 is 10.6 Å². The molecule has 1 saturated heterocycles. The van der Waals surface area contributed by atoms with Crippen LogP contribution in [0.2, 0.25) is 0 Å². The lowest BCUT2D eigenvalue weighted by molar-refractivity contribution is -0.192. The van der Waals surface area contributed by atoms with Gasteiger partial charge in [-0.25, -0.2) is 9.78 Å². The lowest BCUT2D eigenvalue weighted by Crippen LogP contribution is -2.49. The van der Waals surface area contributed by atoms with Crippen LogP contribution in [-0.2, 0) is 11.8 Å². The van der Waals surface area contributed by atoms with Crippen LogP contribution in [0.5, 0.6) is 0 Å². The number of nitrogens with one attached hydrogen (secondary N) is 3. The molecule has 0 aromatic carbocycles. The topological polar surface area (TPSA) is 128 Å². The van der Waals surface area contributed by atoms with Crippen LogP contribution in [-0.4, -0.2) is 80.3 Å². The summed E-state index contributed by atoms with van der Waals surface area (Å²) in [4.78, 5) is 35.4. The minimum Gasteiger partial charge on any atom is -0.475 e. The Balaban J connectivity index is 0.000000383. The number of amides is 1. The van der Waals surface area contributed by atoms with Crippen molar-refractivity contribution in [1.82, 2.24) is 35.1 Å². The van der Waals surface area contributed by atoms with Gasteiger partial charge in [0.05, 0.1) is 6.04 Å². The fourth-order valence-corrected chi connectivity index (χ4v) is 3.47. The number of aryl methyl sites for hydroxylation is 1. The van der Waals surface area contributed by atoms with Gasteiger partial charge in [-0.05, 0) is 12.1 Å². The van der Waals surface area contributed by atoms with Gasteiger partial charge in [0.1, 0.15) is 11.5 Å². The number of carbonyl (C=O) groups excluding carboxylic acids is 1. The molecule has 10 nitrogen and oxygen atoms in total. The molecule has 1 unspecified atom stereocenters. The number of rotatable bonds is 5. The normalized spacial score (nSPS) is 16.8. The molecule has 1 atom stereocenters. The van der Waals surface area contributed by atoms with Crippen molar-refractivity contribution in [2.75, 3.05) is 32.7 Å². The minimum atomic E-state index is -5.08. The summed E-state index contributed by atoms with van der Waals surface area (Å²) in [5.41, 5.74) is 1.48. The average Bonchev–Trinajstić information content (AvgIpc) is 3.40. The van der Waals surface area contributed by atoms with E-state index in [0.29, 0.717) is 12.2 Å². The summed E-state index contributed by atoms with van der Waals surface area (Å²) in [5.74, 6) is -1.80. The van der Waals surface area contributed by atoms with Gasteiger partial charge in [0.2, 0.25) is 0 Å². The van der Waals surface area contributed by atoms with Gasteiger partial charge >= 0.3 is 12.1 Å². The number of imidazole rings is 1. The fourth-order valence-electron chi connectivity index (χ4n) is 3.47. The molecule has 0 radical (unpaired) electrons. The largest absolute Gasteiger partial charge is 0.490 e. The van der Waals surface area contributed by atoms with Crippen molar-refractivity contribution in [3.05, 3.63) is 48.4 Å². The number of halogens is 3. The number of hydrogen-bond donors (Lipinski definition) is 4. The molecule has 0 spiro atoms. The first-order valence-corrected chi connectivity index (χ1v) is 10.1. The summed E-state index contributed by atoms with van der Waals surface area (Å²) in [7, 11) is 2.02. The number of alkyl halides is 3. The smallest absolute Gasteiger partial charge is 0.475 e. The second-order valence-electron chi connectivity index (χ2n) is 7.36. The Bertz CT molecular complexity index is 1060. The molecule has 1 amide bonds. The van der Waals surface area contributed by atoms with E-state index in [0.717, 1.165) is 42.9 Å². The van der Waals surface area contributed by atoms with Gasteiger partial charge in [-0.1, -0.05) is 0 Å². The SMILES string of the molecule is Cn1ccnc1C1CNCCN1CCNC(=O)c1cc2cnccc2[nH]1.O=C(O)C(F)(F)F. The Morgan fingerprint density at radius 2 is 2.09 bits per heavy atom. The zero-order chi connectivity index (χ0) is 24.0. The van der Waals surface area contributed by atoms with E-state index in [2.05, 4.69) is 35.1 Å². The molecule has 0 saturated carbocycles. The molecule has 0 aliphatic carbocycles. The Morgan fingerprint density at radius 1 is 1.33 bits per heavy atom. The Kier molecular flexibility index (Phi) is 7.66. The van der Waals surface area contributed by atoms with E-state index in [1.807, 2.05) is 31.6 Å². The van der Waals surface area contributed by atoms with Crippen LogP contribution in [0.4, 0.5) is 13.2 Å². The first kappa shape index (κ1) is 24.2. The van der Waals surface area contributed by atoms with Gasteiger partial charge in [0.15, 0.2) is 0 Å². The number of H-pyrrole nitrogens is 1. The van der Waals surface area contributed by atoms with Crippen LogP contribution in [0, 0.1) is 0 Å². The molecule has 0 bridgehead atoms. The summed E-state index contributed by atoms with van der Waals surface area (Å²) in [5, 5.41) is 14.5. The number of aromatic amines is 1. The maximum atomic E-state index is 12.4. The lowest BCUT2D eigenvalue weighted by Gasteiger charge is -2.35. The molecule has 4 heterocycles.